The third-order valence-corrected chi connectivity index (χ3v) is 3.13. The summed E-state index contributed by atoms with van der Waals surface area (Å²) in [6.45, 7) is 0.855. The van der Waals surface area contributed by atoms with Crippen molar-refractivity contribution in [3.05, 3.63) is 11.9 Å². The Labute approximate surface area is 94.4 Å². The summed E-state index contributed by atoms with van der Waals surface area (Å²) in [5.74, 6) is 0.420. The molecule has 1 aliphatic heterocycles. The average Bonchev–Trinajstić information content (AvgIpc) is 2.74. The van der Waals surface area contributed by atoms with E-state index in [-0.39, 0.29) is 11.9 Å². The maximum absolute atomic E-state index is 11.6. The fourth-order valence-electron chi connectivity index (χ4n) is 2.23. The Balaban J connectivity index is 2.07. The summed E-state index contributed by atoms with van der Waals surface area (Å²) in [5, 5.41) is 13.7. The van der Waals surface area contributed by atoms with E-state index < -0.39 is 0 Å². The number of aromatic nitrogens is 3. The maximum atomic E-state index is 11.6. The predicted octanol–water partition coefficient (Wildman–Crippen LogP) is -0.603. The Hall–Kier alpha value is -1.43. The van der Waals surface area contributed by atoms with Crippen LogP contribution in [-0.2, 0) is 11.8 Å². The summed E-state index contributed by atoms with van der Waals surface area (Å²) in [6, 6.07) is -0.0985. The minimum atomic E-state index is -0.0985. The van der Waals surface area contributed by atoms with Crippen LogP contribution in [0.1, 0.15) is 24.5 Å². The Morgan fingerprint density at radius 2 is 2.50 bits per heavy atom. The normalized spacial score (nSPS) is 25.4. The summed E-state index contributed by atoms with van der Waals surface area (Å²) in [5.41, 5.74) is 1.11. The van der Waals surface area contributed by atoms with Gasteiger partial charge >= 0.3 is 0 Å². The van der Waals surface area contributed by atoms with E-state index in [0.717, 1.165) is 25.1 Å². The van der Waals surface area contributed by atoms with Crippen molar-refractivity contribution >= 4 is 5.91 Å². The smallest absolute Gasteiger partial charge is 0.236 e. The molecule has 2 rings (SSSR count). The highest BCUT2D eigenvalue weighted by Gasteiger charge is 2.28. The van der Waals surface area contributed by atoms with Crippen LogP contribution in [-0.4, -0.2) is 40.5 Å². The van der Waals surface area contributed by atoms with Gasteiger partial charge in [0.05, 0.1) is 17.9 Å². The highest BCUT2D eigenvalue weighted by atomic mass is 16.2. The SMILES string of the molecule is CNC(=O)C1CC(c2cnnn2C)CCN1. The summed E-state index contributed by atoms with van der Waals surface area (Å²) in [6.07, 6.45) is 3.62. The molecule has 0 bridgehead atoms. The lowest BCUT2D eigenvalue weighted by molar-refractivity contribution is -0.123. The van der Waals surface area contributed by atoms with E-state index in [4.69, 9.17) is 0 Å². The number of aryl methyl sites for hydroxylation is 1. The quantitative estimate of drug-likeness (QED) is 0.702. The summed E-state index contributed by atoms with van der Waals surface area (Å²) < 4.78 is 1.79. The first-order chi connectivity index (χ1) is 7.72. The molecule has 2 N–H and O–H groups in total. The number of likely N-dealkylation sites (N-methyl/N-ethyl adjacent to an activating group) is 1. The van der Waals surface area contributed by atoms with Crippen LogP contribution in [0.3, 0.4) is 0 Å². The molecule has 0 saturated carbocycles. The molecular formula is C10H17N5O. The molecular weight excluding hydrogens is 206 g/mol. The highest BCUT2D eigenvalue weighted by molar-refractivity contribution is 5.81. The van der Waals surface area contributed by atoms with E-state index in [1.54, 1.807) is 17.9 Å². The maximum Gasteiger partial charge on any atom is 0.236 e. The summed E-state index contributed by atoms with van der Waals surface area (Å²) in [4.78, 5) is 11.6. The fourth-order valence-corrected chi connectivity index (χ4v) is 2.23. The first-order valence-corrected chi connectivity index (χ1v) is 5.52. The number of piperidine rings is 1. The van der Waals surface area contributed by atoms with Gasteiger partial charge in [-0.25, -0.2) is 0 Å². The van der Waals surface area contributed by atoms with Gasteiger partial charge in [-0.3, -0.25) is 9.48 Å². The summed E-state index contributed by atoms with van der Waals surface area (Å²) >= 11 is 0. The molecule has 1 aromatic rings. The first kappa shape index (κ1) is 11.1. The molecule has 2 heterocycles. The van der Waals surface area contributed by atoms with Crippen LogP contribution in [0.4, 0.5) is 0 Å². The number of nitrogens with zero attached hydrogens (tertiary/aromatic N) is 3. The van der Waals surface area contributed by atoms with Crippen molar-refractivity contribution in [3.63, 3.8) is 0 Å². The van der Waals surface area contributed by atoms with Crippen molar-refractivity contribution in [2.45, 2.75) is 24.8 Å². The van der Waals surface area contributed by atoms with Crippen LogP contribution in [0, 0.1) is 0 Å². The molecule has 2 atom stereocenters. The molecule has 1 fully saturated rings. The van der Waals surface area contributed by atoms with Crippen LogP contribution in [0.15, 0.2) is 6.20 Å². The number of carbonyl (C=O) groups excluding carboxylic acids is 1. The number of rotatable bonds is 2. The van der Waals surface area contributed by atoms with Crippen molar-refractivity contribution in [1.82, 2.24) is 25.6 Å². The molecule has 0 spiro atoms. The molecule has 0 radical (unpaired) electrons. The second-order valence-corrected chi connectivity index (χ2v) is 4.12. The van der Waals surface area contributed by atoms with Gasteiger partial charge < -0.3 is 10.6 Å². The van der Waals surface area contributed by atoms with E-state index in [1.807, 2.05) is 7.05 Å². The largest absolute Gasteiger partial charge is 0.358 e. The Bertz CT molecular complexity index is 375. The topological polar surface area (TPSA) is 71.8 Å². The number of carbonyl (C=O) groups is 1. The number of amides is 1. The molecule has 1 saturated heterocycles. The average molecular weight is 223 g/mol. The third kappa shape index (κ3) is 2.06. The van der Waals surface area contributed by atoms with Gasteiger partial charge in [-0.05, 0) is 19.4 Å². The standard InChI is InChI=1S/C10H17N5O/c1-11-10(16)8-5-7(3-4-12-8)9-6-13-14-15(9)2/h6-8,12H,3-5H2,1-2H3,(H,11,16). The first-order valence-electron chi connectivity index (χ1n) is 5.52. The Kier molecular flexibility index (Phi) is 3.19. The van der Waals surface area contributed by atoms with Gasteiger partial charge in [-0.15, -0.1) is 5.10 Å². The molecule has 88 valence electrons. The number of nitrogens with one attached hydrogen (secondary N) is 2. The molecule has 0 aromatic carbocycles. The van der Waals surface area contributed by atoms with Crippen LogP contribution in [0.25, 0.3) is 0 Å². The van der Waals surface area contributed by atoms with Crippen LogP contribution in [0.2, 0.25) is 0 Å². The third-order valence-electron chi connectivity index (χ3n) is 3.13. The monoisotopic (exact) mass is 223 g/mol. The predicted molar refractivity (Wildman–Crippen MR) is 58.8 cm³/mol. The zero-order valence-electron chi connectivity index (χ0n) is 9.60. The van der Waals surface area contributed by atoms with E-state index in [0.29, 0.717) is 5.92 Å². The van der Waals surface area contributed by atoms with E-state index in [9.17, 15) is 4.79 Å². The van der Waals surface area contributed by atoms with Crippen LogP contribution in [0.5, 0.6) is 0 Å². The van der Waals surface area contributed by atoms with E-state index >= 15 is 0 Å². The van der Waals surface area contributed by atoms with Gasteiger partial charge in [0.2, 0.25) is 5.91 Å². The van der Waals surface area contributed by atoms with Crippen molar-refractivity contribution in [3.8, 4) is 0 Å². The summed E-state index contributed by atoms with van der Waals surface area (Å²) in [7, 11) is 3.55. The molecule has 6 heteroatoms. The zero-order chi connectivity index (χ0) is 11.5. The molecule has 6 nitrogen and oxygen atoms in total. The fraction of sp³-hybridized carbons (Fsp3) is 0.700. The van der Waals surface area contributed by atoms with Crippen molar-refractivity contribution in [2.75, 3.05) is 13.6 Å². The van der Waals surface area contributed by atoms with Crippen molar-refractivity contribution < 1.29 is 4.79 Å². The number of hydrogen-bond donors (Lipinski definition) is 2. The van der Waals surface area contributed by atoms with Crippen LogP contribution >= 0.6 is 0 Å². The van der Waals surface area contributed by atoms with E-state index in [2.05, 4.69) is 20.9 Å². The van der Waals surface area contributed by atoms with Gasteiger partial charge in [0.15, 0.2) is 0 Å². The molecule has 1 aliphatic rings. The lowest BCUT2D eigenvalue weighted by Gasteiger charge is -2.28. The molecule has 1 amide bonds. The minimum absolute atomic E-state index is 0.0554. The van der Waals surface area contributed by atoms with Gasteiger partial charge in [-0.1, -0.05) is 5.21 Å². The highest BCUT2D eigenvalue weighted by Crippen LogP contribution is 2.26. The molecule has 16 heavy (non-hydrogen) atoms. The van der Waals surface area contributed by atoms with Gasteiger partial charge in [0, 0.05) is 20.0 Å². The van der Waals surface area contributed by atoms with Gasteiger partial charge in [0.1, 0.15) is 0 Å². The zero-order valence-corrected chi connectivity index (χ0v) is 9.60. The second-order valence-electron chi connectivity index (χ2n) is 4.12. The minimum Gasteiger partial charge on any atom is -0.358 e. The van der Waals surface area contributed by atoms with Crippen LogP contribution < -0.4 is 10.6 Å². The van der Waals surface area contributed by atoms with E-state index in [1.165, 1.54) is 0 Å². The lowest BCUT2D eigenvalue weighted by atomic mass is 9.89. The van der Waals surface area contributed by atoms with Gasteiger partial charge in [-0.2, -0.15) is 0 Å². The number of hydrogen-bond acceptors (Lipinski definition) is 4. The van der Waals surface area contributed by atoms with Gasteiger partial charge in [0.25, 0.3) is 0 Å². The van der Waals surface area contributed by atoms with Crippen molar-refractivity contribution in [2.24, 2.45) is 7.05 Å². The molecule has 2 unspecified atom stereocenters. The Morgan fingerprint density at radius 1 is 1.69 bits per heavy atom. The Morgan fingerprint density at radius 3 is 3.12 bits per heavy atom. The lowest BCUT2D eigenvalue weighted by Crippen LogP contribution is -2.47. The second kappa shape index (κ2) is 4.61. The van der Waals surface area contributed by atoms with Crippen molar-refractivity contribution in [1.29, 1.82) is 0 Å². The molecule has 0 aliphatic carbocycles. The molecule has 1 aromatic heterocycles.